The molecular weight excluding hydrogens is 244 g/mol. The Balaban J connectivity index is 2.27. The van der Waals surface area contributed by atoms with Gasteiger partial charge in [-0.1, -0.05) is 37.3 Å². The third-order valence-electron chi connectivity index (χ3n) is 3.06. The van der Waals surface area contributed by atoms with Gasteiger partial charge in [0.1, 0.15) is 0 Å². The van der Waals surface area contributed by atoms with Crippen LogP contribution in [0.2, 0.25) is 0 Å². The van der Waals surface area contributed by atoms with E-state index in [1.165, 1.54) is 0 Å². The van der Waals surface area contributed by atoms with Crippen LogP contribution in [0, 0.1) is 5.92 Å². The van der Waals surface area contributed by atoms with E-state index < -0.39 is 11.9 Å². The van der Waals surface area contributed by atoms with Gasteiger partial charge >= 0.3 is 5.97 Å². The summed E-state index contributed by atoms with van der Waals surface area (Å²) in [6.07, 6.45) is 0. The molecule has 1 aromatic carbocycles. The second-order valence-electron chi connectivity index (χ2n) is 4.56. The molecule has 0 heterocycles. The maximum Gasteiger partial charge on any atom is 0.307 e. The number of carbonyl (C=O) groups is 2. The van der Waals surface area contributed by atoms with Gasteiger partial charge in [0.15, 0.2) is 0 Å². The van der Waals surface area contributed by atoms with Crippen LogP contribution in [0.5, 0.6) is 0 Å². The highest BCUT2D eigenvalue weighted by Gasteiger charge is 2.19. The van der Waals surface area contributed by atoms with Crippen molar-refractivity contribution in [2.45, 2.75) is 26.4 Å². The van der Waals surface area contributed by atoms with Crippen molar-refractivity contribution in [1.29, 1.82) is 0 Å². The number of amides is 1. The van der Waals surface area contributed by atoms with E-state index in [-0.39, 0.29) is 18.5 Å². The van der Waals surface area contributed by atoms with Gasteiger partial charge in [0.2, 0.25) is 5.91 Å². The minimum absolute atomic E-state index is 0.117. The minimum Gasteiger partial charge on any atom is -0.481 e. The molecule has 1 amide bonds. The number of carboxylic acid groups (broad SMARTS) is 1. The number of carboxylic acids is 1. The lowest BCUT2D eigenvalue weighted by Crippen LogP contribution is -2.42. The zero-order chi connectivity index (χ0) is 14.3. The van der Waals surface area contributed by atoms with Crippen LogP contribution in [0.1, 0.15) is 19.4 Å². The Hall–Kier alpha value is -1.88. The van der Waals surface area contributed by atoms with Gasteiger partial charge in [0.05, 0.1) is 12.5 Å². The first-order valence-corrected chi connectivity index (χ1v) is 6.27. The van der Waals surface area contributed by atoms with Gasteiger partial charge in [-0.05, 0) is 12.5 Å². The first-order valence-electron chi connectivity index (χ1n) is 6.27. The van der Waals surface area contributed by atoms with Crippen LogP contribution in [0.3, 0.4) is 0 Å². The van der Waals surface area contributed by atoms with Crippen LogP contribution < -0.4 is 10.6 Å². The van der Waals surface area contributed by atoms with Crippen molar-refractivity contribution < 1.29 is 14.7 Å². The molecule has 19 heavy (non-hydrogen) atoms. The highest BCUT2D eigenvalue weighted by Crippen LogP contribution is 2.01. The molecule has 2 unspecified atom stereocenters. The summed E-state index contributed by atoms with van der Waals surface area (Å²) >= 11 is 0. The molecule has 1 rings (SSSR count). The molecule has 5 nitrogen and oxygen atoms in total. The number of rotatable bonds is 7. The summed E-state index contributed by atoms with van der Waals surface area (Å²) in [4.78, 5) is 22.3. The van der Waals surface area contributed by atoms with E-state index in [1.54, 1.807) is 13.8 Å². The number of hydrogen-bond acceptors (Lipinski definition) is 3. The number of aliphatic carboxylic acids is 1. The number of hydrogen-bond donors (Lipinski definition) is 3. The predicted molar refractivity (Wildman–Crippen MR) is 72.6 cm³/mol. The molecule has 0 aliphatic carbocycles. The summed E-state index contributed by atoms with van der Waals surface area (Å²) in [7, 11) is 0. The summed E-state index contributed by atoms with van der Waals surface area (Å²) in [5.41, 5.74) is 1.03. The van der Waals surface area contributed by atoms with Crippen LogP contribution in [0.15, 0.2) is 30.3 Å². The van der Waals surface area contributed by atoms with Crippen LogP contribution >= 0.6 is 0 Å². The van der Waals surface area contributed by atoms with E-state index in [2.05, 4.69) is 10.6 Å². The molecule has 0 aliphatic rings. The standard InChI is InChI=1S/C14H20N2O3/c1-10(14(18)19)11(2)15-9-13(17)16-8-12-6-4-3-5-7-12/h3-7,10-11,15H,8-9H2,1-2H3,(H,16,17)(H,18,19). The lowest BCUT2D eigenvalue weighted by atomic mass is 10.0. The van der Waals surface area contributed by atoms with Gasteiger partial charge in [-0.2, -0.15) is 0 Å². The zero-order valence-corrected chi connectivity index (χ0v) is 11.2. The van der Waals surface area contributed by atoms with Gasteiger partial charge in [0, 0.05) is 12.6 Å². The van der Waals surface area contributed by atoms with Crippen molar-refractivity contribution >= 4 is 11.9 Å². The second-order valence-corrected chi connectivity index (χ2v) is 4.56. The highest BCUT2D eigenvalue weighted by atomic mass is 16.4. The smallest absolute Gasteiger partial charge is 0.307 e. The highest BCUT2D eigenvalue weighted by molar-refractivity contribution is 5.78. The normalized spacial score (nSPS) is 13.6. The molecule has 0 radical (unpaired) electrons. The Kier molecular flexibility index (Phi) is 6.02. The van der Waals surface area contributed by atoms with Gasteiger partial charge < -0.3 is 15.7 Å². The predicted octanol–water partition coefficient (Wildman–Crippen LogP) is 1.00. The van der Waals surface area contributed by atoms with E-state index in [0.717, 1.165) is 5.56 Å². The summed E-state index contributed by atoms with van der Waals surface area (Å²) in [6, 6.07) is 9.36. The largest absolute Gasteiger partial charge is 0.481 e. The lowest BCUT2D eigenvalue weighted by Gasteiger charge is -2.17. The SMILES string of the molecule is CC(NCC(=O)NCc1ccccc1)C(C)C(=O)O. The molecule has 0 aliphatic heterocycles. The molecule has 104 valence electrons. The molecule has 2 atom stereocenters. The third-order valence-corrected chi connectivity index (χ3v) is 3.06. The molecule has 1 aromatic rings. The monoisotopic (exact) mass is 264 g/mol. The Morgan fingerprint density at radius 2 is 1.84 bits per heavy atom. The third kappa shape index (κ3) is 5.52. The first-order chi connectivity index (χ1) is 9.00. The van der Waals surface area contributed by atoms with Crippen molar-refractivity contribution in [2.75, 3.05) is 6.54 Å². The fourth-order valence-corrected chi connectivity index (χ4v) is 1.50. The fraction of sp³-hybridized carbons (Fsp3) is 0.429. The Bertz CT molecular complexity index is 420. The van der Waals surface area contributed by atoms with Crippen molar-refractivity contribution in [2.24, 2.45) is 5.92 Å². The molecular formula is C14H20N2O3. The minimum atomic E-state index is -0.871. The van der Waals surface area contributed by atoms with Crippen molar-refractivity contribution in [3.63, 3.8) is 0 Å². The molecule has 5 heteroatoms. The number of nitrogens with one attached hydrogen (secondary N) is 2. The second kappa shape index (κ2) is 7.53. The Morgan fingerprint density at radius 3 is 2.42 bits per heavy atom. The van der Waals surface area contributed by atoms with Crippen molar-refractivity contribution in [3.05, 3.63) is 35.9 Å². The number of carbonyl (C=O) groups excluding carboxylic acids is 1. The first kappa shape index (κ1) is 15.2. The zero-order valence-electron chi connectivity index (χ0n) is 11.2. The summed E-state index contributed by atoms with van der Waals surface area (Å²) in [6.45, 7) is 3.96. The average molecular weight is 264 g/mol. The van der Waals surface area contributed by atoms with E-state index in [0.29, 0.717) is 6.54 Å². The topological polar surface area (TPSA) is 78.4 Å². The molecule has 0 bridgehead atoms. The Morgan fingerprint density at radius 1 is 1.21 bits per heavy atom. The maximum absolute atomic E-state index is 11.6. The Labute approximate surface area is 113 Å². The fourth-order valence-electron chi connectivity index (χ4n) is 1.50. The molecule has 0 spiro atoms. The van der Waals surface area contributed by atoms with Crippen molar-refractivity contribution in [1.82, 2.24) is 10.6 Å². The lowest BCUT2D eigenvalue weighted by molar-refractivity contribution is -0.142. The number of benzene rings is 1. The molecule has 0 fully saturated rings. The summed E-state index contributed by atoms with van der Waals surface area (Å²) in [5, 5.41) is 14.5. The van der Waals surface area contributed by atoms with Gasteiger partial charge in [-0.15, -0.1) is 0 Å². The summed E-state index contributed by atoms with van der Waals surface area (Å²) in [5.74, 6) is -1.54. The van der Waals surface area contributed by atoms with Crippen LogP contribution in [-0.4, -0.2) is 29.6 Å². The van der Waals surface area contributed by atoms with E-state index in [9.17, 15) is 9.59 Å². The average Bonchev–Trinajstić information content (AvgIpc) is 2.42. The van der Waals surface area contributed by atoms with Crippen LogP contribution in [0.4, 0.5) is 0 Å². The van der Waals surface area contributed by atoms with Crippen LogP contribution in [-0.2, 0) is 16.1 Å². The van der Waals surface area contributed by atoms with Crippen LogP contribution in [0.25, 0.3) is 0 Å². The molecule has 3 N–H and O–H groups in total. The van der Waals surface area contributed by atoms with Gasteiger partial charge in [0.25, 0.3) is 0 Å². The molecule has 0 aromatic heterocycles. The molecule has 0 saturated carbocycles. The quantitative estimate of drug-likeness (QED) is 0.686. The van der Waals surface area contributed by atoms with Crippen molar-refractivity contribution in [3.8, 4) is 0 Å². The van der Waals surface area contributed by atoms with E-state index in [4.69, 9.17) is 5.11 Å². The molecule has 0 saturated heterocycles. The van der Waals surface area contributed by atoms with E-state index in [1.807, 2.05) is 30.3 Å². The van der Waals surface area contributed by atoms with E-state index >= 15 is 0 Å². The summed E-state index contributed by atoms with van der Waals surface area (Å²) < 4.78 is 0. The maximum atomic E-state index is 11.6. The van der Waals surface area contributed by atoms with Gasteiger partial charge in [-0.25, -0.2) is 0 Å². The van der Waals surface area contributed by atoms with Gasteiger partial charge in [-0.3, -0.25) is 9.59 Å².